The number of aliphatic hydroxyl groups excluding tert-OH is 2. The summed E-state index contributed by atoms with van der Waals surface area (Å²) >= 11 is 0. The van der Waals surface area contributed by atoms with Crippen molar-refractivity contribution in [2.24, 2.45) is 0 Å². The molecule has 5 heteroatoms. The van der Waals surface area contributed by atoms with Crippen LogP contribution in [0.3, 0.4) is 0 Å². The molecule has 2 atom stereocenters. The summed E-state index contributed by atoms with van der Waals surface area (Å²) < 4.78 is 15.1. The van der Waals surface area contributed by atoms with Gasteiger partial charge in [0.1, 0.15) is 12.2 Å². The zero-order valence-electron chi connectivity index (χ0n) is 40.0. The van der Waals surface area contributed by atoms with Crippen molar-refractivity contribution in [3.8, 4) is 0 Å². The zero-order valence-corrected chi connectivity index (χ0v) is 40.0. The highest BCUT2D eigenvalue weighted by atomic mass is 16.6. The lowest BCUT2D eigenvalue weighted by Gasteiger charge is -1.95. The smallest absolute Gasteiger partial charge is 0.104 e. The second-order valence-electron chi connectivity index (χ2n) is 2.90. The molecule has 5 nitrogen and oxygen atoms in total. The maximum atomic E-state index is 7.62. The maximum absolute atomic E-state index is 7.62. The van der Waals surface area contributed by atoms with Crippen molar-refractivity contribution < 1.29 is 24.4 Å². The average molecular weight is 837 g/mol. The summed E-state index contributed by atoms with van der Waals surface area (Å²) in [6.45, 7) is 141. The fraction of sp³-hybridized carbons (Fsp3) is 0.148. The van der Waals surface area contributed by atoms with Gasteiger partial charge in [0.15, 0.2) is 0 Å². The molecule has 2 aliphatic rings. The molecule has 0 aromatic heterocycles. The first-order valence-corrected chi connectivity index (χ1v) is 15.9. The van der Waals surface area contributed by atoms with Crippen LogP contribution in [0.15, 0.2) is 303 Å². The molecule has 0 bridgehead atoms. The zero-order chi connectivity index (χ0) is 55.5. The molecule has 2 fully saturated rings. The monoisotopic (exact) mass is 837 g/mol. The van der Waals surface area contributed by atoms with E-state index in [0.717, 1.165) is 26.4 Å². The molecule has 59 heavy (non-hydrogen) atoms. The van der Waals surface area contributed by atoms with Gasteiger partial charge in [-0.1, -0.05) is 0 Å². The number of epoxide rings is 2. The third-order valence-corrected chi connectivity index (χ3v) is 1.51. The van der Waals surface area contributed by atoms with Crippen LogP contribution in [-0.2, 0) is 14.2 Å². The van der Waals surface area contributed by atoms with Gasteiger partial charge in [-0.25, -0.2) is 0 Å². The molecule has 0 amide bonds. The molecule has 2 unspecified atom stereocenters. The summed E-state index contributed by atoms with van der Waals surface area (Å²) in [6.07, 6.45) is 0.785. The van der Waals surface area contributed by atoms with E-state index in [1.54, 1.807) is 0 Å². The van der Waals surface area contributed by atoms with Crippen molar-refractivity contribution in [2.45, 2.75) is 12.2 Å². The van der Waals surface area contributed by atoms with Gasteiger partial charge in [-0.15, -0.1) is 303 Å². The number of rotatable bonds is 5. The predicted octanol–water partition coefficient (Wildman–Crippen LogP) is 17.2. The molecule has 2 rings (SSSR count). The Bertz CT molecular complexity index is 298. The standard InChI is InChI=1S/C6H10O3.C2H6O2.23C2H4/c1(5-3-8-5)7-2-6-4-9-6;3-1-2-4;23*1-2/h5-6H,1-4H2;3-4H,1-2H2;23*1-2H2. The molecular formula is C54H108O5. The molecule has 2 aliphatic heterocycles. The van der Waals surface area contributed by atoms with Crippen LogP contribution < -0.4 is 0 Å². The van der Waals surface area contributed by atoms with E-state index in [0.29, 0.717) is 12.2 Å². The second kappa shape index (κ2) is 1720. The number of ether oxygens (including phenoxy) is 3. The minimum Gasteiger partial charge on any atom is -0.394 e. The normalized spacial score (nSPS) is 7.97. The van der Waals surface area contributed by atoms with Gasteiger partial charge in [0, 0.05) is 0 Å². The van der Waals surface area contributed by atoms with Crippen LogP contribution in [0.1, 0.15) is 0 Å². The van der Waals surface area contributed by atoms with E-state index in [-0.39, 0.29) is 13.2 Å². The number of aliphatic hydroxyl groups is 2. The highest BCUT2D eigenvalue weighted by molar-refractivity contribution is 4.71. The summed E-state index contributed by atoms with van der Waals surface area (Å²) in [4.78, 5) is 0. The van der Waals surface area contributed by atoms with Gasteiger partial charge < -0.3 is 24.4 Å². The molecule has 0 radical (unpaired) electrons. The molecule has 0 aromatic carbocycles. The van der Waals surface area contributed by atoms with Crippen molar-refractivity contribution in [2.75, 3.05) is 39.6 Å². The molecule has 0 spiro atoms. The number of hydrogen-bond donors (Lipinski definition) is 2. The first-order chi connectivity index (χ1) is 29.4. The Labute approximate surface area is 377 Å². The lowest BCUT2D eigenvalue weighted by atomic mass is 10.5. The topological polar surface area (TPSA) is 74.8 Å². The molecule has 0 saturated carbocycles. The van der Waals surface area contributed by atoms with E-state index >= 15 is 0 Å². The van der Waals surface area contributed by atoms with E-state index in [4.69, 9.17) is 24.4 Å². The Balaban J connectivity index is -0.0000000113. The first kappa shape index (κ1) is 160. The van der Waals surface area contributed by atoms with Gasteiger partial charge in [-0.2, -0.15) is 0 Å². The van der Waals surface area contributed by atoms with E-state index < -0.39 is 0 Å². The van der Waals surface area contributed by atoms with Crippen LogP contribution in [0.5, 0.6) is 0 Å². The lowest BCUT2D eigenvalue weighted by Crippen LogP contribution is -2.06. The van der Waals surface area contributed by atoms with Gasteiger partial charge in [0.05, 0.1) is 39.6 Å². The Morgan fingerprint density at radius 3 is 0.390 bits per heavy atom. The van der Waals surface area contributed by atoms with Crippen molar-refractivity contribution in [3.05, 3.63) is 303 Å². The molecule has 2 heterocycles. The van der Waals surface area contributed by atoms with Crippen molar-refractivity contribution >= 4 is 0 Å². The molecule has 354 valence electrons. The average Bonchev–Trinajstić information content (AvgIpc) is 4.41. The molecule has 0 aliphatic carbocycles. The SMILES string of the molecule is C(OCC1CO1)C1CO1.C=C.C=C.C=C.C=C.C=C.C=C.C=C.C=C.C=C.C=C.C=C.C=C.C=C.C=C.C=C.C=C.C=C.C=C.C=C.C=C.C=C.C=C.C=C.OCCO. The van der Waals surface area contributed by atoms with Crippen LogP contribution in [-0.4, -0.2) is 62.1 Å². The summed E-state index contributed by atoms with van der Waals surface area (Å²) in [5.41, 5.74) is 0. The fourth-order valence-electron chi connectivity index (χ4n) is 0.659. The Morgan fingerprint density at radius 2 is 0.339 bits per heavy atom. The van der Waals surface area contributed by atoms with Crippen LogP contribution >= 0.6 is 0 Å². The molecule has 2 saturated heterocycles. The Kier molecular flexibility index (Phi) is 4650. The largest absolute Gasteiger partial charge is 0.394 e. The lowest BCUT2D eigenvalue weighted by molar-refractivity contribution is 0.102. The maximum Gasteiger partial charge on any atom is 0.104 e. The van der Waals surface area contributed by atoms with Crippen molar-refractivity contribution in [1.29, 1.82) is 0 Å². The van der Waals surface area contributed by atoms with Crippen LogP contribution in [0.4, 0.5) is 0 Å². The van der Waals surface area contributed by atoms with Crippen LogP contribution in [0.2, 0.25) is 0 Å². The van der Waals surface area contributed by atoms with E-state index in [1.165, 1.54) is 0 Å². The molecular weight excluding hydrogens is 729 g/mol. The van der Waals surface area contributed by atoms with E-state index in [1.807, 2.05) is 0 Å². The van der Waals surface area contributed by atoms with Gasteiger partial charge in [-0.3, -0.25) is 0 Å². The third kappa shape index (κ3) is 2770. The minimum absolute atomic E-state index is 0.125. The van der Waals surface area contributed by atoms with Gasteiger partial charge in [-0.05, 0) is 0 Å². The highest BCUT2D eigenvalue weighted by Crippen LogP contribution is 2.12. The minimum atomic E-state index is -0.125. The highest BCUT2D eigenvalue weighted by Gasteiger charge is 2.26. The van der Waals surface area contributed by atoms with Crippen LogP contribution in [0, 0.1) is 0 Å². The quantitative estimate of drug-likeness (QED) is 0.213. The summed E-state index contributed by atoms with van der Waals surface area (Å²) in [5, 5.41) is 15.2. The van der Waals surface area contributed by atoms with Crippen molar-refractivity contribution in [3.63, 3.8) is 0 Å². The first-order valence-electron chi connectivity index (χ1n) is 15.9. The molecule has 0 aromatic rings. The summed E-state index contributed by atoms with van der Waals surface area (Å²) in [7, 11) is 0. The Morgan fingerprint density at radius 1 is 0.254 bits per heavy atom. The number of hydrogen-bond acceptors (Lipinski definition) is 5. The van der Waals surface area contributed by atoms with Gasteiger partial charge in [0.25, 0.3) is 0 Å². The van der Waals surface area contributed by atoms with E-state index in [2.05, 4.69) is 303 Å². The molecule has 2 N–H and O–H groups in total. The van der Waals surface area contributed by atoms with Crippen LogP contribution in [0.25, 0.3) is 0 Å². The fourth-order valence-corrected chi connectivity index (χ4v) is 0.659. The summed E-state index contributed by atoms with van der Waals surface area (Å²) in [5.74, 6) is 0. The predicted molar refractivity (Wildman–Crippen MR) is 303 cm³/mol. The third-order valence-electron chi connectivity index (χ3n) is 1.51. The Hall–Kier alpha value is -6.18. The van der Waals surface area contributed by atoms with Gasteiger partial charge in [0.2, 0.25) is 0 Å². The van der Waals surface area contributed by atoms with Crippen molar-refractivity contribution in [1.82, 2.24) is 0 Å². The summed E-state index contributed by atoms with van der Waals surface area (Å²) in [6, 6.07) is 0. The second-order valence-corrected chi connectivity index (χ2v) is 2.90. The van der Waals surface area contributed by atoms with E-state index in [9.17, 15) is 0 Å². The van der Waals surface area contributed by atoms with Gasteiger partial charge >= 0.3 is 0 Å².